The Hall–Kier alpha value is -2.66. The second-order valence-electron chi connectivity index (χ2n) is 6.09. The summed E-state index contributed by atoms with van der Waals surface area (Å²) in [6.07, 6.45) is 0. The van der Waals surface area contributed by atoms with Gasteiger partial charge in [-0.15, -0.1) is 0 Å². The van der Waals surface area contributed by atoms with Crippen molar-refractivity contribution in [1.29, 1.82) is 0 Å². The van der Waals surface area contributed by atoms with Crippen molar-refractivity contribution in [3.63, 3.8) is 0 Å². The normalized spacial score (nSPS) is 18.2. The van der Waals surface area contributed by atoms with Gasteiger partial charge in [-0.1, -0.05) is 60.7 Å². The van der Waals surface area contributed by atoms with E-state index in [0.717, 1.165) is 16.8 Å². The van der Waals surface area contributed by atoms with Gasteiger partial charge < -0.3 is 16.0 Å². The number of hydrogen-bond acceptors (Lipinski definition) is 2. The molecule has 128 valence electrons. The topological polar surface area (TPSA) is 53.2 Å². The lowest BCUT2D eigenvalue weighted by atomic mass is 9.94. The van der Waals surface area contributed by atoms with E-state index in [4.69, 9.17) is 12.2 Å². The van der Waals surface area contributed by atoms with Crippen molar-refractivity contribution in [2.24, 2.45) is 0 Å². The molecule has 0 saturated carbocycles. The molecule has 1 amide bonds. The summed E-state index contributed by atoms with van der Waals surface area (Å²) < 4.78 is 0. The van der Waals surface area contributed by atoms with Crippen molar-refractivity contribution >= 4 is 23.2 Å². The first-order valence-electron chi connectivity index (χ1n) is 8.25. The van der Waals surface area contributed by atoms with Crippen molar-refractivity contribution in [2.75, 3.05) is 0 Å². The third-order valence-electron chi connectivity index (χ3n) is 4.29. The maximum atomic E-state index is 13.0. The highest BCUT2D eigenvalue weighted by atomic mass is 32.1. The number of allylic oxidation sites excluding steroid dienone is 1. The van der Waals surface area contributed by atoms with Gasteiger partial charge in [0.05, 0.1) is 17.7 Å². The Bertz CT molecular complexity index is 802. The van der Waals surface area contributed by atoms with Crippen LogP contribution in [-0.4, -0.2) is 11.0 Å². The van der Waals surface area contributed by atoms with E-state index in [-0.39, 0.29) is 18.0 Å². The van der Waals surface area contributed by atoms with Crippen molar-refractivity contribution in [3.05, 3.63) is 83.1 Å². The number of thiocarbonyl (C=S) groups is 1. The molecule has 3 N–H and O–H groups in total. The van der Waals surface area contributed by atoms with Gasteiger partial charge in [-0.25, -0.2) is 0 Å². The van der Waals surface area contributed by atoms with Gasteiger partial charge in [0.25, 0.3) is 5.91 Å². The third-order valence-corrected chi connectivity index (χ3v) is 4.51. The van der Waals surface area contributed by atoms with Crippen molar-refractivity contribution < 1.29 is 4.79 Å². The van der Waals surface area contributed by atoms with Crippen LogP contribution in [0, 0.1) is 0 Å². The first-order chi connectivity index (χ1) is 12.1. The second kappa shape index (κ2) is 7.49. The zero-order valence-electron chi connectivity index (χ0n) is 14.2. The van der Waals surface area contributed by atoms with Gasteiger partial charge in [-0.05, 0) is 37.2 Å². The molecule has 3 rings (SSSR count). The van der Waals surface area contributed by atoms with E-state index in [0.29, 0.717) is 10.7 Å². The van der Waals surface area contributed by atoms with Crippen LogP contribution in [0.2, 0.25) is 0 Å². The molecule has 4 nitrogen and oxygen atoms in total. The largest absolute Gasteiger partial charge is 0.351 e. The molecule has 25 heavy (non-hydrogen) atoms. The van der Waals surface area contributed by atoms with Gasteiger partial charge in [0, 0.05) is 5.70 Å². The van der Waals surface area contributed by atoms with Gasteiger partial charge in [0.15, 0.2) is 5.11 Å². The highest BCUT2D eigenvalue weighted by Gasteiger charge is 2.30. The molecule has 2 aromatic carbocycles. The zero-order valence-corrected chi connectivity index (χ0v) is 15.1. The minimum absolute atomic E-state index is 0.0840. The van der Waals surface area contributed by atoms with E-state index >= 15 is 0 Å². The zero-order chi connectivity index (χ0) is 17.8. The smallest absolute Gasteiger partial charge is 0.251 e. The summed E-state index contributed by atoms with van der Waals surface area (Å²) in [6, 6.07) is 19.4. The van der Waals surface area contributed by atoms with Crippen LogP contribution in [0.15, 0.2) is 71.9 Å². The Kier molecular flexibility index (Phi) is 5.14. The monoisotopic (exact) mass is 351 g/mol. The molecule has 1 heterocycles. The van der Waals surface area contributed by atoms with E-state index in [1.165, 1.54) is 0 Å². The van der Waals surface area contributed by atoms with Crippen LogP contribution in [0.4, 0.5) is 0 Å². The van der Waals surface area contributed by atoms with Crippen molar-refractivity contribution in [3.8, 4) is 0 Å². The molecular weight excluding hydrogens is 330 g/mol. The molecular formula is C20H21N3OS. The molecule has 0 aliphatic carbocycles. The fourth-order valence-electron chi connectivity index (χ4n) is 2.99. The summed E-state index contributed by atoms with van der Waals surface area (Å²) in [5.41, 5.74) is 3.50. The predicted octanol–water partition coefficient (Wildman–Crippen LogP) is 3.36. The number of nitrogens with one attached hydrogen (secondary N) is 3. The Balaban J connectivity index is 1.87. The Labute approximate surface area is 153 Å². The maximum Gasteiger partial charge on any atom is 0.251 e. The molecule has 2 unspecified atom stereocenters. The van der Waals surface area contributed by atoms with Crippen LogP contribution in [0.3, 0.4) is 0 Å². The molecule has 0 fully saturated rings. The first kappa shape index (κ1) is 17.2. The predicted molar refractivity (Wildman–Crippen MR) is 104 cm³/mol. The summed E-state index contributed by atoms with van der Waals surface area (Å²) in [4.78, 5) is 13.0. The van der Waals surface area contributed by atoms with Crippen molar-refractivity contribution in [1.82, 2.24) is 16.0 Å². The number of carbonyl (C=O) groups is 1. The lowest BCUT2D eigenvalue weighted by Crippen LogP contribution is -2.47. The van der Waals surface area contributed by atoms with Crippen LogP contribution >= 0.6 is 12.2 Å². The minimum atomic E-state index is -0.266. The Morgan fingerprint density at radius 1 is 1.08 bits per heavy atom. The summed E-state index contributed by atoms with van der Waals surface area (Å²) in [5.74, 6) is -0.106. The SMILES string of the molecule is CC1=C(C(=O)NC(C)c2ccccc2)C(c2ccccc2)NC(=S)N1. The van der Waals surface area contributed by atoms with E-state index < -0.39 is 0 Å². The summed E-state index contributed by atoms with van der Waals surface area (Å²) >= 11 is 5.28. The molecule has 0 spiro atoms. The fraction of sp³-hybridized carbons (Fsp3) is 0.200. The Morgan fingerprint density at radius 3 is 2.32 bits per heavy atom. The molecule has 5 heteroatoms. The van der Waals surface area contributed by atoms with Crippen LogP contribution in [0.25, 0.3) is 0 Å². The summed E-state index contributed by atoms with van der Waals surface area (Å²) in [7, 11) is 0. The standard InChI is InChI=1S/C20H21N3OS/c1-13(15-9-5-3-6-10-15)21-19(24)17-14(2)22-20(25)23-18(17)16-11-7-4-8-12-16/h3-13,18H,1-2H3,(H,21,24)(H2,22,23,25). The number of rotatable bonds is 4. The Morgan fingerprint density at radius 2 is 1.68 bits per heavy atom. The van der Waals surface area contributed by atoms with E-state index in [2.05, 4.69) is 16.0 Å². The lowest BCUT2D eigenvalue weighted by molar-refractivity contribution is -0.118. The van der Waals surface area contributed by atoms with E-state index in [1.807, 2.05) is 74.5 Å². The number of benzene rings is 2. The van der Waals surface area contributed by atoms with Crippen LogP contribution in [0.1, 0.15) is 37.1 Å². The van der Waals surface area contributed by atoms with E-state index in [1.54, 1.807) is 0 Å². The number of hydrogen-bond donors (Lipinski definition) is 3. The van der Waals surface area contributed by atoms with Crippen molar-refractivity contribution in [2.45, 2.75) is 25.9 Å². The quantitative estimate of drug-likeness (QED) is 0.740. The number of carbonyl (C=O) groups excluding carboxylic acids is 1. The number of amides is 1. The summed E-state index contributed by atoms with van der Waals surface area (Å²) in [5, 5.41) is 9.89. The average Bonchev–Trinajstić information content (AvgIpc) is 2.62. The van der Waals surface area contributed by atoms with Gasteiger partial charge in [0.2, 0.25) is 0 Å². The molecule has 0 bridgehead atoms. The first-order valence-corrected chi connectivity index (χ1v) is 8.66. The maximum absolute atomic E-state index is 13.0. The molecule has 0 aromatic heterocycles. The molecule has 1 aliphatic rings. The van der Waals surface area contributed by atoms with Gasteiger partial charge in [-0.2, -0.15) is 0 Å². The average molecular weight is 351 g/mol. The van der Waals surface area contributed by atoms with Gasteiger partial charge in [0.1, 0.15) is 0 Å². The molecule has 0 saturated heterocycles. The fourth-order valence-corrected chi connectivity index (χ4v) is 3.26. The van der Waals surface area contributed by atoms with Crippen LogP contribution < -0.4 is 16.0 Å². The minimum Gasteiger partial charge on any atom is -0.351 e. The van der Waals surface area contributed by atoms with Crippen LogP contribution in [0.5, 0.6) is 0 Å². The molecule has 2 aromatic rings. The van der Waals surface area contributed by atoms with Gasteiger partial charge in [-0.3, -0.25) is 4.79 Å². The van der Waals surface area contributed by atoms with Gasteiger partial charge >= 0.3 is 0 Å². The highest BCUT2D eigenvalue weighted by molar-refractivity contribution is 7.80. The highest BCUT2D eigenvalue weighted by Crippen LogP contribution is 2.27. The molecule has 0 radical (unpaired) electrons. The summed E-state index contributed by atoms with van der Waals surface area (Å²) in [6.45, 7) is 3.86. The van der Waals surface area contributed by atoms with E-state index in [9.17, 15) is 4.79 Å². The van der Waals surface area contributed by atoms with Crippen LogP contribution in [-0.2, 0) is 4.79 Å². The molecule has 1 aliphatic heterocycles. The second-order valence-corrected chi connectivity index (χ2v) is 6.49. The molecule has 2 atom stereocenters. The lowest BCUT2D eigenvalue weighted by Gasteiger charge is -2.31. The third kappa shape index (κ3) is 3.88.